The van der Waals surface area contributed by atoms with Crippen molar-refractivity contribution in [2.24, 2.45) is 0 Å². The number of ether oxygens (including phenoxy) is 1. The smallest absolute Gasteiger partial charge is 0.335 e. The Hall–Kier alpha value is -1.31. The van der Waals surface area contributed by atoms with Gasteiger partial charge in [0.2, 0.25) is 0 Å². The van der Waals surface area contributed by atoms with Crippen LogP contribution in [0.2, 0.25) is 0 Å². The second-order valence-electron chi connectivity index (χ2n) is 10.7. The molecule has 0 saturated carbocycles. The Bertz CT molecular complexity index is 1510. The fourth-order valence-electron chi connectivity index (χ4n) is 4.35. The van der Waals surface area contributed by atoms with E-state index in [2.05, 4.69) is 135 Å². The topological polar surface area (TPSA) is 70.0 Å². The molecule has 11 heteroatoms. The van der Waals surface area contributed by atoms with Crippen LogP contribution in [0.25, 0.3) is 0 Å². The van der Waals surface area contributed by atoms with Crippen LogP contribution in [0.5, 0.6) is 0 Å². The second-order valence-corrected chi connectivity index (χ2v) is 14.9. The largest absolute Gasteiger partial charge is 0.478 e. The van der Waals surface area contributed by atoms with Crippen molar-refractivity contribution in [3.8, 4) is 0 Å². The molecule has 0 spiro atoms. The van der Waals surface area contributed by atoms with E-state index in [1.807, 2.05) is 25.1 Å². The minimum atomic E-state index is -0.880. The van der Waals surface area contributed by atoms with Gasteiger partial charge in [-0.05, 0) is 121 Å². The van der Waals surface area contributed by atoms with Crippen LogP contribution in [0.4, 0.5) is 0 Å². The fourth-order valence-corrected chi connectivity index (χ4v) is 6.88. The molecule has 1 saturated heterocycles. The van der Waals surface area contributed by atoms with Crippen LogP contribution in [0.15, 0.2) is 90.7 Å². The Morgan fingerprint density at radius 1 is 0.688 bits per heavy atom. The lowest BCUT2D eigenvalue weighted by Crippen LogP contribution is -2.35. The number of hydrogen-bond donors (Lipinski definition) is 2. The number of halogens is 5. The number of hydrogen-bond acceptors (Lipinski definition) is 4. The normalized spacial score (nSPS) is 12.0. The van der Waals surface area contributed by atoms with E-state index in [-0.39, 0.29) is 22.4 Å². The van der Waals surface area contributed by atoms with Gasteiger partial charge in [0.1, 0.15) is 0 Å². The highest BCUT2D eigenvalue weighted by molar-refractivity contribution is 9.11. The first-order valence-electron chi connectivity index (χ1n) is 14.6. The van der Waals surface area contributed by atoms with Crippen LogP contribution in [-0.4, -0.2) is 55.8 Å². The maximum atomic E-state index is 10.5. The zero-order chi connectivity index (χ0) is 34.2. The molecule has 4 aromatic carbocycles. The summed E-state index contributed by atoms with van der Waals surface area (Å²) in [6, 6.07) is 23.7. The minimum absolute atomic E-state index is 0. The van der Waals surface area contributed by atoms with E-state index in [0.29, 0.717) is 5.56 Å². The van der Waals surface area contributed by atoms with Crippen molar-refractivity contribution < 1.29 is 19.7 Å². The predicted molar refractivity (Wildman–Crippen MR) is 220 cm³/mol. The molecule has 48 heavy (non-hydrogen) atoms. The Morgan fingerprint density at radius 3 is 1.46 bits per heavy atom. The third-order valence-electron chi connectivity index (χ3n) is 7.14. The molecule has 5 nitrogen and oxygen atoms in total. The molecule has 1 aliphatic rings. The molecular weight excluding hydrogens is 933 g/mol. The summed E-state index contributed by atoms with van der Waals surface area (Å²) in [5.74, 6) is -0.880. The zero-order valence-electron chi connectivity index (χ0n) is 27.0. The number of carboxylic acid groups (broad SMARTS) is 1. The van der Waals surface area contributed by atoms with Gasteiger partial charge in [-0.15, -0.1) is 0 Å². The van der Waals surface area contributed by atoms with Gasteiger partial charge in [0.05, 0.1) is 25.4 Å². The van der Waals surface area contributed by atoms with Crippen LogP contribution < -0.4 is 0 Å². The monoisotopic (exact) mass is 972 g/mol. The summed E-state index contributed by atoms with van der Waals surface area (Å²) in [6.07, 6.45) is 0. The molecule has 4 aromatic rings. The Balaban J connectivity index is 0.000000615. The predicted octanol–water partition coefficient (Wildman–Crippen LogP) is 11.2. The number of aryl methyl sites for hydroxylation is 4. The Morgan fingerprint density at radius 2 is 1.08 bits per heavy atom. The zero-order valence-corrected chi connectivity index (χ0v) is 34.9. The average molecular weight is 977 g/mol. The maximum Gasteiger partial charge on any atom is 0.335 e. The van der Waals surface area contributed by atoms with Gasteiger partial charge in [-0.3, -0.25) is 4.90 Å². The Labute approximate surface area is 331 Å². The fraction of sp³-hybridized carbons (Fsp3) is 0.324. The van der Waals surface area contributed by atoms with Gasteiger partial charge in [-0.25, -0.2) is 4.79 Å². The summed E-state index contributed by atoms with van der Waals surface area (Å²) in [7, 11) is 0. The second kappa shape index (κ2) is 24.8. The van der Waals surface area contributed by atoms with E-state index < -0.39 is 5.97 Å². The molecule has 0 bridgehead atoms. The van der Waals surface area contributed by atoms with Gasteiger partial charge in [0.25, 0.3) is 0 Å². The van der Waals surface area contributed by atoms with E-state index in [1.54, 1.807) is 25.1 Å². The number of benzene rings is 4. The van der Waals surface area contributed by atoms with Crippen molar-refractivity contribution in [1.82, 2.24) is 4.90 Å². The summed E-state index contributed by atoms with van der Waals surface area (Å²) in [5, 5.41) is 18.4. The molecule has 5 rings (SSSR count). The summed E-state index contributed by atoms with van der Waals surface area (Å²) < 4.78 is 9.60. The summed E-state index contributed by atoms with van der Waals surface area (Å²) in [4.78, 5) is 13.0. The van der Waals surface area contributed by atoms with Crippen LogP contribution >= 0.6 is 79.6 Å². The number of morpholine rings is 1. The summed E-state index contributed by atoms with van der Waals surface area (Å²) >= 11 is 16.9. The first kappa shape index (κ1) is 46.7. The molecule has 1 fully saturated rings. The van der Waals surface area contributed by atoms with Gasteiger partial charge >= 0.3 is 5.97 Å². The molecule has 0 aromatic heterocycles. The third-order valence-corrected chi connectivity index (χ3v) is 9.72. The first-order chi connectivity index (χ1) is 21.8. The highest BCUT2D eigenvalue weighted by atomic mass is 79.9. The molecule has 259 valence electrons. The van der Waals surface area contributed by atoms with Crippen molar-refractivity contribution in [2.45, 2.75) is 53.6 Å². The Kier molecular flexibility index (Phi) is 24.1. The van der Waals surface area contributed by atoms with Crippen LogP contribution in [-0.2, 0) is 23.2 Å². The van der Waals surface area contributed by atoms with Crippen LogP contribution in [0, 0.1) is 27.7 Å². The first-order valence-corrected chi connectivity index (χ1v) is 18.8. The van der Waals surface area contributed by atoms with Crippen molar-refractivity contribution in [3.63, 3.8) is 0 Å². The minimum Gasteiger partial charge on any atom is -0.478 e. The number of aromatic carboxylic acids is 1. The van der Waals surface area contributed by atoms with Crippen molar-refractivity contribution in [3.05, 3.63) is 135 Å². The quantitative estimate of drug-likeness (QED) is 0.154. The summed E-state index contributed by atoms with van der Waals surface area (Å²) in [6.45, 7) is 13.0. The van der Waals surface area contributed by atoms with Crippen molar-refractivity contribution in [1.29, 1.82) is 0 Å². The van der Waals surface area contributed by atoms with Crippen LogP contribution in [0.1, 0.15) is 56.7 Å². The van der Waals surface area contributed by atoms with E-state index in [0.717, 1.165) is 72.8 Å². The molecule has 0 unspecified atom stereocenters. The van der Waals surface area contributed by atoms with Crippen molar-refractivity contribution >= 4 is 94.0 Å². The number of alkyl halides is 1. The molecular formula is C37H44BBr5NO4. The van der Waals surface area contributed by atoms with Gasteiger partial charge in [0, 0.05) is 51.3 Å². The number of carboxylic acids is 1. The number of rotatable bonds is 5. The standard InChI is InChI=1S/C12H16BrNO.C8H8Br2.C8H7BrO2.C8H9BrO.CH4.B/c1-10-8-12(13)3-2-11(10)9-14-4-6-15-7-5-14;1-6-4-8(10)3-2-7(6)5-9;1-5-4-6(9)2-3-7(5)8(10)11;1-6-4-8(9)3-2-7(6)5-10;;/h2-3,8H,4-7,9H2,1H3;2-4H,5H2,1H3;2-4H,1H3,(H,10,11);2-4,10H,5H2,1H3;1H4;. The molecule has 0 atom stereocenters. The van der Waals surface area contributed by atoms with E-state index in [4.69, 9.17) is 14.9 Å². The molecule has 0 aliphatic carbocycles. The number of aliphatic hydroxyl groups is 1. The highest BCUT2D eigenvalue weighted by Gasteiger charge is 2.11. The lowest BCUT2D eigenvalue weighted by Gasteiger charge is -2.27. The lowest BCUT2D eigenvalue weighted by atomic mass is 10.1. The van der Waals surface area contributed by atoms with Crippen molar-refractivity contribution in [2.75, 3.05) is 26.3 Å². The third kappa shape index (κ3) is 17.1. The van der Waals surface area contributed by atoms with Crippen LogP contribution in [0.3, 0.4) is 0 Å². The average Bonchev–Trinajstić information content (AvgIpc) is 3.00. The highest BCUT2D eigenvalue weighted by Crippen LogP contribution is 2.19. The SMILES string of the molecule is C.Cc1cc(Br)ccc1C(=O)O.Cc1cc(Br)ccc1CBr.Cc1cc(Br)ccc1CN1CCOCC1.Cc1cc(Br)ccc1CO.[B]. The van der Waals surface area contributed by atoms with Gasteiger partial charge in [-0.2, -0.15) is 0 Å². The molecule has 2 N–H and O–H groups in total. The number of carbonyl (C=O) groups is 1. The van der Waals surface area contributed by atoms with E-state index in [1.165, 1.54) is 22.3 Å². The lowest BCUT2D eigenvalue weighted by molar-refractivity contribution is 0.0341. The van der Waals surface area contributed by atoms with Gasteiger partial charge in [-0.1, -0.05) is 105 Å². The number of nitrogens with zero attached hydrogens (tertiary/aromatic N) is 1. The number of aliphatic hydroxyl groups excluding tert-OH is 1. The van der Waals surface area contributed by atoms with Gasteiger partial charge < -0.3 is 14.9 Å². The molecule has 3 radical (unpaired) electrons. The van der Waals surface area contributed by atoms with Gasteiger partial charge in [0.15, 0.2) is 0 Å². The molecule has 0 amide bonds. The maximum absolute atomic E-state index is 10.5. The summed E-state index contributed by atoms with van der Waals surface area (Å²) in [5.41, 5.74) is 8.69. The van der Waals surface area contributed by atoms with E-state index >= 15 is 0 Å². The van der Waals surface area contributed by atoms with E-state index in [9.17, 15) is 4.79 Å². The molecule has 1 aliphatic heterocycles. The molecule has 1 heterocycles.